The molecule has 94 valence electrons. The summed E-state index contributed by atoms with van der Waals surface area (Å²) in [6, 6.07) is 0. The van der Waals surface area contributed by atoms with Crippen LogP contribution in [0.3, 0.4) is 0 Å². The van der Waals surface area contributed by atoms with Gasteiger partial charge in [-0.1, -0.05) is 0 Å². The summed E-state index contributed by atoms with van der Waals surface area (Å²) in [7, 11) is 8.30. The van der Waals surface area contributed by atoms with Crippen molar-refractivity contribution in [2.24, 2.45) is 0 Å². The summed E-state index contributed by atoms with van der Waals surface area (Å²) in [5.74, 6) is 1.05. The molecule has 5 heteroatoms. The van der Waals surface area contributed by atoms with Crippen LogP contribution in [0.4, 0.5) is 0 Å². The maximum Gasteiger partial charge on any atom is 0.130 e. The predicted molar refractivity (Wildman–Crippen MR) is 67.4 cm³/mol. The zero-order chi connectivity index (χ0) is 12.3. The lowest BCUT2D eigenvalue weighted by Crippen LogP contribution is -2.52. The lowest BCUT2D eigenvalue weighted by Gasteiger charge is -2.36. The van der Waals surface area contributed by atoms with Gasteiger partial charge in [-0.25, -0.2) is 5.01 Å². The van der Waals surface area contributed by atoms with Gasteiger partial charge in [-0.2, -0.15) is 0 Å². The highest BCUT2D eigenvalue weighted by Crippen LogP contribution is 2.09. The zero-order valence-corrected chi connectivity index (χ0v) is 11.3. The van der Waals surface area contributed by atoms with Gasteiger partial charge < -0.3 is 20.5 Å². The Labute approximate surface area is 99.0 Å². The normalized spacial score (nSPS) is 18.4. The molecule has 0 saturated heterocycles. The van der Waals surface area contributed by atoms with Gasteiger partial charge in [0, 0.05) is 32.4 Å². The molecular weight excluding hydrogens is 202 g/mol. The Kier molecular flexibility index (Phi) is 4.04. The van der Waals surface area contributed by atoms with E-state index in [-0.39, 0.29) is 5.54 Å². The van der Waals surface area contributed by atoms with E-state index in [0.717, 1.165) is 19.0 Å². The van der Waals surface area contributed by atoms with E-state index in [0.29, 0.717) is 0 Å². The van der Waals surface area contributed by atoms with Crippen LogP contribution >= 0.6 is 0 Å². The van der Waals surface area contributed by atoms with Crippen LogP contribution in [0.1, 0.15) is 13.8 Å². The van der Waals surface area contributed by atoms with Gasteiger partial charge in [0.15, 0.2) is 0 Å². The Morgan fingerprint density at radius 3 is 2.56 bits per heavy atom. The molecule has 0 fully saturated rings. The molecule has 0 bridgehead atoms. The van der Waals surface area contributed by atoms with E-state index < -0.39 is 0 Å². The third kappa shape index (κ3) is 3.57. The number of rotatable bonds is 4. The second kappa shape index (κ2) is 4.93. The van der Waals surface area contributed by atoms with Crippen molar-refractivity contribution in [1.82, 2.24) is 25.6 Å². The Morgan fingerprint density at radius 2 is 2.06 bits per heavy atom. The fourth-order valence-electron chi connectivity index (χ4n) is 1.42. The van der Waals surface area contributed by atoms with E-state index in [9.17, 15) is 0 Å². The monoisotopic (exact) mass is 227 g/mol. The van der Waals surface area contributed by atoms with Gasteiger partial charge >= 0.3 is 0 Å². The number of nitrogens with one attached hydrogen (secondary N) is 2. The summed E-state index contributed by atoms with van der Waals surface area (Å²) in [5, 5.41) is 5.48. The third-order valence-corrected chi connectivity index (χ3v) is 3.02. The smallest absolute Gasteiger partial charge is 0.130 e. The Morgan fingerprint density at radius 1 is 1.44 bits per heavy atom. The quantitative estimate of drug-likeness (QED) is 0.709. The molecule has 0 saturated carbocycles. The maximum absolute atomic E-state index is 3.43. The van der Waals surface area contributed by atoms with E-state index >= 15 is 0 Å². The molecule has 16 heavy (non-hydrogen) atoms. The van der Waals surface area contributed by atoms with Crippen molar-refractivity contribution in [2.45, 2.75) is 19.4 Å². The van der Waals surface area contributed by atoms with E-state index in [4.69, 9.17) is 0 Å². The van der Waals surface area contributed by atoms with E-state index in [1.807, 2.05) is 12.1 Å². The summed E-state index contributed by atoms with van der Waals surface area (Å²) in [4.78, 5) is 4.36. The molecule has 0 aromatic carbocycles. The molecule has 0 aliphatic carbocycles. The highest BCUT2D eigenvalue weighted by Gasteiger charge is 2.21. The lowest BCUT2D eigenvalue weighted by molar-refractivity contribution is 0.141. The molecule has 0 amide bonds. The van der Waals surface area contributed by atoms with Gasteiger partial charge in [-0.05, 0) is 27.9 Å². The molecule has 0 unspecified atom stereocenters. The first-order chi connectivity index (χ1) is 7.31. The van der Waals surface area contributed by atoms with Crippen molar-refractivity contribution >= 4 is 0 Å². The van der Waals surface area contributed by atoms with Crippen molar-refractivity contribution in [3.63, 3.8) is 0 Å². The van der Waals surface area contributed by atoms with Gasteiger partial charge in [0.25, 0.3) is 0 Å². The number of nitrogens with zero attached hydrogens (tertiary/aromatic N) is 3. The molecule has 0 aromatic heterocycles. The molecular formula is C11H25N5. The van der Waals surface area contributed by atoms with E-state index in [1.165, 1.54) is 0 Å². The van der Waals surface area contributed by atoms with Crippen molar-refractivity contribution < 1.29 is 0 Å². The van der Waals surface area contributed by atoms with Crippen molar-refractivity contribution in [3.05, 3.63) is 12.0 Å². The van der Waals surface area contributed by atoms with Gasteiger partial charge in [-0.3, -0.25) is 0 Å². The first-order valence-electron chi connectivity index (χ1n) is 5.62. The molecule has 1 heterocycles. The van der Waals surface area contributed by atoms with Gasteiger partial charge in [0.2, 0.25) is 0 Å². The van der Waals surface area contributed by atoms with Gasteiger partial charge in [0.05, 0.1) is 6.67 Å². The average Bonchev–Trinajstić information content (AvgIpc) is 2.13. The van der Waals surface area contributed by atoms with Crippen LogP contribution in [0.5, 0.6) is 0 Å². The number of hydrogen-bond acceptors (Lipinski definition) is 5. The maximum atomic E-state index is 3.43. The van der Waals surface area contributed by atoms with Crippen molar-refractivity contribution in [3.8, 4) is 0 Å². The van der Waals surface area contributed by atoms with Crippen LogP contribution in [0.2, 0.25) is 0 Å². The second-order valence-corrected chi connectivity index (χ2v) is 5.31. The summed E-state index contributed by atoms with van der Waals surface area (Å²) >= 11 is 0. The minimum atomic E-state index is 0.136. The summed E-state index contributed by atoms with van der Waals surface area (Å²) < 4.78 is 0. The minimum absolute atomic E-state index is 0.136. The standard InChI is InChI=1S/C11H25N5/c1-11(2,14(3)4)8-12-10-7-15(5)9-16(6)13-10/h7,12-13H,8-9H2,1-6H3. The molecule has 0 spiro atoms. The summed E-state index contributed by atoms with van der Waals surface area (Å²) in [6.45, 7) is 6.23. The number of hydrazine groups is 1. The number of hydrogen-bond donors (Lipinski definition) is 2. The molecule has 1 rings (SSSR count). The lowest BCUT2D eigenvalue weighted by atomic mass is 10.0. The zero-order valence-electron chi connectivity index (χ0n) is 11.3. The second-order valence-electron chi connectivity index (χ2n) is 5.31. The summed E-state index contributed by atoms with van der Waals surface area (Å²) in [5.41, 5.74) is 3.42. The van der Waals surface area contributed by atoms with E-state index in [2.05, 4.69) is 61.7 Å². The molecule has 1 aliphatic rings. The van der Waals surface area contributed by atoms with Gasteiger partial charge in [-0.15, -0.1) is 0 Å². The molecule has 0 atom stereocenters. The molecule has 2 N–H and O–H groups in total. The minimum Gasteiger partial charge on any atom is -0.368 e. The predicted octanol–water partition coefficient (Wildman–Crippen LogP) is 0.0544. The van der Waals surface area contributed by atoms with Crippen LogP contribution in [0.25, 0.3) is 0 Å². The SMILES string of the molecule is CN1C=C(NCC(C)(C)N(C)C)NN(C)C1. The van der Waals surface area contributed by atoms with E-state index in [1.54, 1.807) is 0 Å². The molecule has 0 aromatic rings. The van der Waals surface area contributed by atoms with Crippen LogP contribution in [0.15, 0.2) is 12.0 Å². The van der Waals surface area contributed by atoms with Crippen LogP contribution < -0.4 is 10.7 Å². The van der Waals surface area contributed by atoms with Gasteiger partial charge in [0.1, 0.15) is 5.82 Å². The highest BCUT2D eigenvalue weighted by atomic mass is 15.6. The largest absolute Gasteiger partial charge is 0.368 e. The molecule has 0 radical (unpaired) electrons. The Hall–Kier alpha value is -0.940. The topological polar surface area (TPSA) is 33.8 Å². The summed E-state index contributed by atoms with van der Waals surface area (Å²) in [6.07, 6.45) is 2.09. The Balaban J connectivity index is 2.49. The fraction of sp³-hybridized carbons (Fsp3) is 0.818. The van der Waals surface area contributed by atoms with Crippen LogP contribution in [0, 0.1) is 0 Å². The first kappa shape index (κ1) is 13.1. The molecule has 1 aliphatic heterocycles. The average molecular weight is 227 g/mol. The highest BCUT2D eigenvalue weighted by molar-refractivity contribution is 4.99. The molecule has 5 nitrogen and oxygen atoms in total. The van der Waals surface area contributed by atoms with Crippen molar-refractivity contribution in [1.29, 1.82) is 0 Å². The van der Waals surface area contributed by atoms with Crippen molar-refractivity contribution in [2.75, 3.05) is 41.4 Å². The Bertz CT molecular complexity index is 259. The van der Waals surface area contributed by atoms with Crippen LogP contribution in [-0.4, -0.2) is 61.8 Å². The third-order valence-electron chi connectivity index (χ3n) is 3.02. The number of likely N-dealkylation sites (N-methyl/N-ethyl adjacent to an activating group) is 1. The first-order valence-corrected chi connectivity index (χ1v) is 5.62. The van der Waals surface area contributed by atoms with Crippen LogP contribution in [-0.2, 0) is 0 Å². The fourth-order valence-corrected chi connectivity index (χ4v) is 1.42.